The van der Waals surface area contributed by atoms with Crippen LogP contribution in [0.5, 0.6) is 5.75 Å². The Morgan fingerprint density at radius 1 is 1.29 bits per heavy atom. The molecule has 1 amide bonds. The maximum atomic E-state index is 14.4. The number of aryl methyl sites for hydroxylation is 1. The standard InChI is InChI=1S/C24H28FN3O6S/c1-4-23(29)28-10-9-27(13-16(28)3)14-22(17-6-5-15(2)20(25)11-17)34-21-8-7-18(35(26,32)33)12-19(21)24(30)31/h4-8,11-12,16,22H,1,9-10,13-14H2,2-3H3,(H,30,31)(H2,26,32,33)/t16-,22-/m1/s1. The highest BCUT2D eigenvalue weighted by atomic mass is 32.2. The van der Waals surface area contributed by atoms with E-state index in [-0.39, 0.29) is 34.7 Å². The van der Waals surface area contributed by atoms with Crippen molar-refractivity contribution in [3.63, 3.8) is 0 Å². The van der Waals surface area contributed by atoms with Gasteiger partial charge in [-0.15, -0.1) is 0 Å². The molecule has 0 saturated carbocycles. The molecule has 1 saturated heterocycles. The second kappa shape index (κ2) is 10.5. The molecule has 2 aromatic rings. The van der Waals surface area contributed by atoms with E-state index in [2.05, 4.69) is 6.58 Å². The van der Waals surface area contributed by atoms with E-state index in [0.717, 1.165) is 12.1 Å². The molecule has 1 aliphatic heterocycles. The fourth-order valence-corrected chi connectivity index (χ4v) is 4.55. The zero-order valence-corrected chi connectivity index (χ0v) is 20.3. The third kappa shape index (κ3) is 6.24. The number of carboxylic acids is 1. The number of primary sulfonamides is 1. The number of ether oxygens (including phenoxy) is 1. The van der Waals surface area contributed by atoms with Gasteiger partial charge in [0.25, 0.3) is 0 Å². The zero-order valence-electron chi connectivity index (χ0n) is 19.5. The van der Waals surface area contributed by atoms with Gasteiger partial charge in [-0.3, -0.25) is 9.69 Å². The number of aromatic carboxylic acids is 1. The molecule has 2 atom stereocenters. The number of piperazine rings is 1. The van der Waals surface area contributed by atoms with Crippen molar-refractivity contribution in [2.24, 2.45) is 5.14 Å². The van der Waals surface area contributed by atoms with Gasteiger partial charge < -0.3 is 14.7 Å². The van der Waals surface area contributed by atoms with Crippen LogP contribution in [0.15, 0.2) is 53.9 Å². The second-order valence-electron chi connectivity index (χ2n) is 8.47. The number of nitrogens with two attached hydrogens (primary N) is 1. The fraction of sp³-hybridized carbons (Fsp3) is 0.333. The minimum absolute atomic E-state index is 0.0793. The molecule has 3 N–H and O–H groups in total. The van der Waals surface area contributed by atoms with Crippen LogP contribution in [0.1, 0.15) is 34.5 Å². The van der Waals surface area contributed by atoms with Crippen molar-refractivity contribution < 1.29 is 32.2 Å². The Labute approximate surface area is 203 Å². The molecule has 0 bridgehead atoms. The smallest absolute Gasteiger partial charge is 0.339 e. The largest absolute Gasteiger partial charge is 0.483 e. The summed E-state index contributed by atoms with van der Waals surface area (Å²) in [6.07, 6.45) is 0.489. The van der Waals surface area contributed by atoms with E-state index in [0.29, 0.717) is 30.8 Å². The van der Waals surface area contributed by atoms with E-state index < -0.39 is 27.9 Å². The Morgan fingerprint density at radius 2 is 2.00 bits per heavy atom. The van der Waals surface area contributed by atoms with Crippen molar-refractivity contribution in [1.82, 2.24) is 9.80 Å². The number of hydrogen-bond acceptors (Lipinski definition) is 6. The summed E-state index contributed by atoms with van der Waals surface area (Å²) >= 11 is 0. The normalized spacial score (nSPS) is 17.6. The van der Waals surface area contributed by atoms with E-state index in [1.807, 2.05) is 11.8 Å². The molecule has 3 rings (SSSR count). The molecular formula is C24H28FN3O6S. The average Bonchev–Trinajstić information content (AvgIpc) is 2.79. The van der Waals surface area contributed by atoms with Crippen LogP contribution in [0.4, 0.5) is 4.39 Å². The molecule has 0 aromatic heterocycles. The molecule has 11 heteroatoms. The van der Waals surface area contributed by atoms with Gasteiger partial charge in [-0.05, 0) is 55.3 Å². The summed E-state index contributed by atoms with van der Waals surface area (Å²) in [6.45, 7) is 8.84. The van der Waals surface area contributed by atoms with Crippen LogP contribution in [0, 0.1) is 12.7 Å². The molecule has 1 heterocycles. The van der Waals surface area contributed by atoms with Crippen molar-refractivity contribution >= 4 is 21.9 Å². The molecule has 35 heavy (non-hydrogen) atoms. The molecule has 188 valence electrons. The zero-order chi connectivity index (χ0) is 25.9. The van der Waals surface area contributed by atoms with Crippen LogP contribution in [0.2, 0.25) is 0 Å². The van der Waals surface area contributed by atoms with Gasteiger partial charge >= 0.3 is 5.97 Å². The predicted molar refractivity (Wildman–Crippen MR) is 127 cm³/mol. The monoisotopic (exact) mass is 505 g/mol. The Kier molecular flexibility index (Phi) is 7.93. The number of halogens is 1. The topological polar surface area (TPSA) is 130 Å². The summed E-state index contributed by atoms with van der Waals surface area (Å²) in [5.41, 5.74) is 0.544. The van der Waals surface area contributed by atoms with Crippen LogP contribution in [-0.4, -0.2) is 67.4 Å². The van der Waals surface area contributed by atoms with Gasteiger partial charge in [0.15, 0.2) is 0 Å². The van der Waals surface area contributed by atoms with Gasteiger partial charge in [0.1, 0.15) is 23.2 Å². The number of hydrogen-bond donors (Lipinski definition) is 2. The van der Waals surface area contributed by atoms with Crippen LogP contribution in [-0.2, 0) is 14.8 Å². The summed E-state index contributed by atoms with van der Waals surface area (Å²) in [5, 5.41) is 14.8. The molecule has 1 fully saturated rings. The van der Waals surface area contributed by atoms with Crippen LogP contribution in [0.3, 0.4) is 0 Å². The minimum Gasteiger partial charge on any atom is -0.483 e. The summed E-state index contributed by atoms with van der Waals surface area (Å²) < 4.78 is 43.8. The molecule has 0 aliphatic carbocycles. The highest BCUT2D eigenvalue weighted by molar-refractivity contribution is 7.89. The lowest BCUT2D eigenvalue weighted by Crippen LogP contribution is -2.54. The number of rotatable bonds is 8. The first kappa shape index (κ1) is 26.3. The summed E-state index contributed by atoms with van der Waals surface area (Å²) in [5.74, 6) is -2.07. The highest BCUT2D eigenvalue weighted by Gasteiger charge is 2.29. The van der Waals surface area contributed by atoms with Crippen molar-refractivity contribution in [3.05, 3.63) is 71.6 Å². The first-order valence-corrected chi connectivity index (χ1v) is 12.4. The average molecular weight is 506 g/mol. The number of sulfonamides is 1. The van der Waals surface area contributed by atoms with Gasteiger partial charge in [-0.2, -0.15) is 0 Å². The van der Waals surface area contributed by atoms with Gasteiger partial charge in [-0.1, -0.05) is 18.7 Å². The molecule has 0 unspecified atom stereocenters. The third-order valence-corrected chi connectivity index (χ3v) is 6.85. The quantitative estimate of drug-likeness (QED) is 0.527. The summed E-state index contributed by atoms with van der Waals surface area (Å²) in [6, 6.07) is 7.85. The lowest BCUT2D eigenvalue weighted by atomic mass is 10.0. The van der Waals surface area contributed by atoms with E-state index in [9.17, 15) is 27.5 Å². The fourth-order valence-electron chi connectivity index (χ4n) is 4.01. The molecule has 1 aliphatic rings. The van der Waals surface area contributed by atoms with Crippen molar-refractivity contribution in [1.29, 1.82) is 0 Å². The van der Waals surface area contributed by atoms with Crippen LogP contribution in [0.25, 0.3) is 0 Å². The van der Waals surface area contributed by atoms with E-state index in [1.165, 1.54) is 18.2 Å². The first-order chi connectivity index (χ1) is 16.4. The number of nitrogens with zero attached hydrogens (tertiary/aromatic N) is 2. The number of carbonyl (C=O) groups is 2. The van der Waals surface area contributed by atoms with Gasteiger partial charge in [0.05, 0.1) is 4.90 Å². The lowest BCUT2D eigenvalue weighted by molar-refractivity contribution is -0.130. The summed E-state index contributed by atoms with van der Waals surface area (Å²) in [4.78, 5) is 27.3. The Balaban J connectivity index is 1.93. The van der Waals surface area contributed by atoms with Crippen LogP contribution >= 0.6 is 0 Å². The maximum Gasteiger partial charge on any atom is 0.339 e. The Morgan fingerprint density at radius 3 is 2.57 bits per heavy atom. The maximum absolute atomic E-state index is 14.4. The first-order valence-electron chi connectivity index (χ1n) is 10.9. The van der Waals surface area contributed by atoms with E-state index in [1.54, 1.807) is 24.0 Å². The van der Waals surface area contributed by atoms with Crippen molar-refractivity contribution in [3.8, 4) is 5.75 Å². The third-order valence-electron chi connectivity index (χ3n) is 5.94. The molecule has 2 aromatic carbocycles. The van der Waals surface area contributed by atoms with Crippen molar-refractivity contribution in [2.75, 3.05) is 26.2 Å². The number of carboxylic acid groups (broad SMARTS) is 1. The van der Waals surface area contributed by atoms with Gasteiger partial charge in [0.2, 0.25) is 15.9 Å². The minimum atomic E-state index is -4.13. The Bertz CT molecular complexity index is 1250. The van der Waals surface area contributed by atoms with Crippen LogP contribution < -0.4 is 9.88 Å². The number of amides is 1. The molecule has 0 spiro atoms. The highest BCUT2D eigenvalue weighted by Crippen LogP contribution is 2.30. The summed E-state index contributed by atoms with van der Waals surface area (Å²) in [7, 11) is -4.13. The van der Waals surface area contributed by atoms with E-state index in [4.69, 9.17) is 9.88 Å². The van der Waals surface area contributed by atoms with Gasteiger partial charge in [0, 0.05) is 32.2 Å². The van der Waals surface area contributed by atoms with E-state index >= 15 is 0 Å². The second-order valence-corrected chi connectivity index (χ2v) is 10.0. The molecule has 0 radical (unpaired) electrons. The molecule has 9 nitrogen and oxygen atoms in total. The number of carbonyl (C=O) groups excluding carboxylic acids is 1. The lowest BCUT2D eigenvalue weighted by Gasteiger charge is -2.40. The Hall–Kier alpha value is -3.28. The predicted octanol–water partition coefficient (Wildman–Crippen LogP) is 2.32. The SMILES string of the molecule is C=CC(=O)N1CCN(C[C@@H](Oc2ccc(S(N)(=O)=O)cc2C(=O)O)c2ccc(C)c(F)c2)C[C@H]1C. The van der Waals surface area contributed by atoms with Gasteiger partial charge in [-0.25, -0.2) is 22.7 Å². The number of benzene rings is 2. The molecular weight excluding hydrogens is 477 g/mol. The van der Waals surface area contributed by atoms with Crippen molar-refractivity contribution in [2.45, 2.75) is 30.9 Å².